The number of ether oxygens (including phenoxy) is 1. The predicted molar refractivity (Wildman–Crippen MR) is 83.4 cm³/mol. The summed E-state index contributed by atoms with van der Waals surface area (Å²) >= 11 is 0. The summed E-state index contributed by atoms with van der Waals surface area (Å²) < 4.78 is 5.04. The Kier molecular flexibility index (Phi) is 6.03. The Bertz CT molecular complexity index is 438. The van der Waals surface area contributed by atoms with Gasteiger partial charge in [-0.2, -0.15) is 0 Å². The summed E-state index contributed by atoms with van der Waals surface area (Å²) in [6.07, 6.45) is 3.33. The van der Waals surface area contributed by atoms with E-state index >= 15 is 0 Å². The molecule has 0 aromatic heterocycles. The zero-order valence-corrected chi connectivity index (χ0v) is 13.3. The number of hydrogen-bond acceptors (Lipinski definition) is 3. The molecular weight excluding hydrogens is 274 g/mol. The van der Waals surface area contributed by atoms with Crippen molar-refractivity contribution in [1.82, 2.24) is 5.32 Å². The van der Waals surface area contributed by atoms with Gasteiger partial charge in [-0.15, -0.1) is 12.4 Å². The molecule has 1 aliphatic heterocycles. The van der Waals surface area contributed by atoms with Crippen LogP contribution >= 0.6 is 12.4 Å². The van der Waals surface area contributed by atoms with Crippen LogP contribution in [0.5, 0.6) is 0 Å². The molecule has 0 bridgehead atoms. The van der Waals surface area contributed by atoms with Gasteiger partial charge in [-0.1, -0.05) is 36.2 Å². The normalized spacial score (nSPS) is 23.6. The van der Waals surface area contributed by atoms with Gasteiger partial charge >= 0.3 is 5.97 Å². The Labute approximate surface area is 127 Å². The highest BCUT2D eigenvalue weighted by molar-refractivity contribution is 5.85. The number of esters is 1. The van der Waals surface area contributed by atoms with Crippen LogP contribution < -0.4 is 5.32 Å². The van der Waals surface area contributed by atoms with Crippen LogP contribution in [0.25, 0.3) is 0 Å². The van der Waals surface area contributed by atoms with Crippen molar-refractivity contribution in [3.63, 3.8) is 0 Å². The van der Waals surface area contributed by atoms with E-state index in [9.17, 15) is 4.79 Å². The lowest BCUT2D eigenvalue weighted by Gasteiger charge is -2.40. The third-order valence-electron chi connectivity index (χ3n) is 4.14. The van der Waals surface area contributed by atoms with Crippen molar-refractivity contribution in [2.75, 3.05) is 13.7 Å². The molecule has 1 aromatic carbocycles. The molecule has 112 valence electrons. The number of aryl methyl sites for hydroxylation is 1. The summed E-state index contributed by atoms with van der Waals surface area (Å²) in [5.41, 5.74) is 2.03. The molecule has 1 saturated heterocycles. The molecule has 0 spiro atoms. The topological polar surface area (TPSA) is 38.3 Å². The third kappa shape index (κ3) is 3.53. The van der Waals surface area contributed by atoms with Gasteiger partial charge in [-0.05, 0) is 38.8 Å². The van der Waals surface area contributed by atoms with Gasteiger partial charge in [-0.25, -0.2) is 0 Å². The molecule has 4 heteroatoms. The second-order valence-corrected chi connectivity index (χ2v) is 5.67. The average molecular weight is 298 g/mol. The van der Waals surface area contributed by atoms with E-state index in [1.165, 1.54) is 19.1 Å². The summed E-state index contributed by atoms with van der Waals surface area (Å²) in [6.45, 7) is 5.15. The summed E-state index contributed by atoms with van der Waals surface area (Å²) in [4.78, 5) is 12.2. The largest absolute Gasteiger partial charge is 0.468 e. The van der Waals surface area contributed by atoms with Gasteiger partial charge in [0.25, 0.3) is 0 Å². The number of benzene rings is 1. The van der Waals surface area contributed by atoms with Crippen molar-refractivity contribution >= 4 is 18.4 Å². The van der Waals surface area contributed by atoms with Crippen molar-refractivity contribution in [3.8, 4) is 0 Å². The molecular formula is C16H24ClNO2. The van der Waals surface area contributed by atoms with Gasteiger partial charge in [0, 0.05) is 5.54 Å². The molecule has 2 atom stereocenters. The highest BCUT2D eigenvalue weighted by atomic mass is 35.5. The standard InChI is InChI=1S/C16H23NO2.ClH/c1-12-6-8-13(9-7-12)14(15(18)19-3)16(2)10-4-5-11-17-16;/h6-9,14,17H,4-5,10-11H2,1-3H3;1H/t14-,16-;/m1./s1. The number of rotatable bonds is 3. The first-order valence-corrected chi connectivity index (χ1v) is 6.96. The Morgan fingerprint density at radius 2 is 1.95 bits per heavy atom. The zero-order chi connectivity index (χ0) is 13.9. The van der Waals surface area contributed by atoms with Crippen LogP contribution in [0, 0.1) is 6.92 Å². The minimum Gasteiger partial charge on any atom is -0.468 e. The number of carbonyl (C=O) groups excluding carboxylic acids is 1. The fourth-order valence-corrected chi connectivity index (χ4v) is 2.97. The minimum atomic E-state index is -0.238. The molecule has 1 heterocycles. The van der Waals surface area contributed by atoms with E-state index in [4.69, 9.17) is 4.74 Å². The van der Waals surface area contributed by atoms with E-state index in [1.807, 2.05) is 12.1 Å². The second-order valence-electron chi connectivity index (χ2n) is 5.67. The van der Waals surface area contributed by atoms with E-state index in [-0.39, 0.29) is 29.8 Å². The first-order chi connectivity index (χ1) is 9.07. The maximum atomic E-state index is 12.2. The Balaban J connectivity index is 0.00000200. The predicted octanol–water partition coefficient (Wildman–Crippen LogP) is 3.21. The van der Waals surface area contributed by atoms with Crippen LogP contribution in [-0.2, 0) is 9.53 Å². The third-order valence-corrected chi connectivity index (χ3v) is 4.14. The Morgan fingerprint density at radius 3 is 2.45 bits per heavy atom. The van der Waals surface area contributed by atoms with Gasteiger partial charge in [0.2, 0.25) is 0 Å². The maximum absolute atomic E-state index is 12.2. The van der Waals surface area contributed by atoms with E-state index in [0.29, 0.717) is 0 Å². The highest BCUT2D eigenvalue weighted by Crippen LogP contribution is 2.35. The van der Waals surface area contributed by atoms with Crippen molar-refractivity contribution in [1.29, 1.82) is 0 Å². The smallest absolute Gasteiger partial charge is 0.315 e. The lowest BCUT2D eigenvalue weighted by atomic mass is 9.75. The first kappa shape index (κ1) is 17.0. The van der Waals surface area contributed by atoms with Crippen LogP contribution in [0.4, 0.5) is 0 Å². The molecule has 1 N–H and O–H groups in total. The summed E-state index contributed by atoms with van der Waals surface area (Å²) in [7, 11) is 1.47. The highest BCUT2D eigenvalue weighted by Gasteiger charge is 2.41. The summed E-state index contributed by atoms with van der Waals surface area (Å²) in [5.74, 6) is -0.390. The van der Waals surface area contributed by atoms with E-state index in [0.717, 1.165) is 24.9 Å². The molecule has 1 aromatic rings. The zero-order valence-electron chi connectivity index (χ0n) is 12.4. The molecule has 1 fully saturated rings. The number of methoxy groups -OCH3 is 1. The lowest BCUT2D eigenvalue weighted by Crippen LogP contribution is -2.53. The minimum absolute atomic E-state index is 0. The van der Waals surface area contributed by atoms with E-state index < -0.39 is 0 Å². The first-order valence-electron chi connectivity index (χ1n) is 6.96. The van der Waals surface area contributed by atoms with Gasteiger partial charge in [0.15, 0.2) is 0 Å². The number of piperidine rings is 1. The number of carbonyl (C=O) groups is 1. The molecule has 20 heavy (non-hydrogen) atoms. The maximum Gasteiger partial charge on any atom is 0.315 e. The quantitative estimate of drug-likeness (QED) is 0.871. The Hall–Kier alpha value is -1.06. The number of nitrogens with one attached hydrogen (secondary N) is 1. The number of halogens is 1. The molecule has 0 aliphatic carbocycles. The van der Waals surface area contributed by atoms with Crippen LogP contribution in [0.1, 0.15) is 43.2 Å². The molecule has 0 radical (unpaired) electrons. The molecule has 0 saturated carbocycles. The summed E-state index contributed by atoms with van der Waals surface area (Å²) in [6, 6.07) is 8.19. The van der Waals surface area contributed by atoms with Gasteiger partial charge in [0.05, 0.1) is 13.0 Å². The van der Waals surface area contributed by atoms with Crippen LogP contribution in [0.15, 0.2) is 24.3 Å². The van der Waals surface area contributed by atoms with Crippen molar-refractivity contribution in [3.05, 3.63) is 35.4 Å². The van der Waals surface area contributed by atoms with Gasteiger partial charge < -0.3 is 10.1 Å². The molecule has 2 rings (SSSR count). The molecule has 1 aliphatic rings. The average Bonchev–Trinajstić information content (AvgIpc) is 2.41. The second kappa shape index (κ2) is 7.09. The fraction of sp³-hybridized carbons (Fsp3) is 0.562. The number of hydrogen-bond donors (Lipinski definition) is 1. The molecule has 0 amide bonds. The van der Waals surface area contributed by atoms with Crippen molar-refractivity contribution < 1.29 is 9.53 Å². The van der Waals surface area contributed by atoms with Crippen molar-refractivity contribution in [2.45, 2.75) is 44.6 Å². The van der Waals surface area contributed by atoms with Crippen LogP contribution in [-0.4, -0.2) is 25.2 Å². The monoisotopic (exact) mass is 297 g/mol. The SMILES string of the molecule is COC(=O)[C@@H](c1ccc(C)cc1)[C@@]1(C)CCCCN1.Cl. The lowest BCUT2D eigenvalue weighted by molar-refractivity contribution is -0.144. The molecule has 0 unspecified atom stereocenters. The van der Waals surface area contributed by atoms with E-state index in [2.05, 4.69) is 31.3 Å². The van der Waals surface area contributed by atoms with Gasteiger partial charge in [-0.3, -0.25) is 4.79 Å². The van der Waals surface area contributed by atoms with Crippen LogP contribution in [0.2, 0.25) is 0 Å². The fourth-order valence-electron chi connectivity index (χ4n) is 2.97. The van der Waals surface area contributed by atoms with E-state index in [1.54, 1.807) is 0 Å². The molecule has 3 nitrogen and oxygen atoms in total. The van der Waals surface area contributed by atoms with Crippen LogP contribution in [0.3, 0.4) is 0 Å². The van der Waals surface area contributed by atoms with Gasteiger partial charge in [0.1, 0.15) is 0 Å². The summed E-state index contributed by atoms with van der Waals surface area (Å²) in [5, 5.41) is 3.52. The van der Waals surface area contributed by atoms with Crippen molar-refractivity contribution in [2.24, 2.45) is 0 Å². The Morgan fingerprint density at radius 1 is 1.30 bits per heavy atom.